The van der Waals surface area contributed by atoms with Gasteiger partial charge in [0.1, 0.15) is 0 Å². The van der Waals surface area contributed by atoms with E-state index in [2.05, 4.69) is 37.3 Å². The second-order valence-electron chi connectivity index (χ2n) is 5.09. The molecule has 0 atom stereocenters. The summed E-state index contributed by atoms with van der Waals surface area (Å²) in [5, 5.41) is 0. The summed E-state index contributed by atoms with van der Waals surface area (Å²) in [5.74, 6) is 0.196. The minimum absolute atomic E-state index is 0.196. The van der Waals surface area contributed by atoms with Crippen LogP contribution in [-0.2, 0) is 12.8 Å². The molecule has 0 aliphatic heterocycles. The Morgan fingerprint density at radius 1 is 0.947 bits per heavy atom. The molecule has 0 fully saturated rings. The lowest BCUT2D eigenvalue weighted by Crippen LogP contribution is -2.05. The van der Waals surface area contributed by atoms with E-state index in [4.69, 9.17) is 0 Å². The lowest BCUT2D eigenvalue weighted by Gasteiger charge is -2.07. The van der Waals surface area contributed by atoms with E-state index in [-0.39, 0.29) is 5.78 Å². The van der Waals surface area contributed by atoms with Crippen LogP contribution in [0.15, 0.2) is 42.5 Å². The Hall–Kier alpha value is -1.89. The number of rotatable bonds is 4. The van der Waals surface area contributed by atoms with Gasteiger partial charge in [-0.15, -0.1) is 0 Å². The van der Waals surface area contributed by atoms with E-state index in [0.717, 1.165) is 23.1 Å². The first-order valence-electron chi connectivity index (χ1n) is 6.78. The quantitative estimate of drug-likeness (QED) is 0.742. The number of aryl methyl sites for hydroxylation is 3. The molecule has 0 N–H and O–H groups in total. The van der Waals surface area contributed by atoms with Gasteiger partial charge in [0.2, 0.25) is 0 Å². The van der Waals surface area contributed by atoms with E-state index in [0.29, 0.717) is 6.42 Å². The van der Waals surface area contributed by atoms with E-state index in [1.54, 1.807) is 0 Å². The van der Waals surface area contributed by atoms with Crippen molar-refractivity contribution in [3.8, 4) is 0 Å². The monoisotopic (exact) mass is 252 g/mol. The maximum atomic E-state index is 12.3. The van der Waals surface area contributed by atoms with Crippen molar-refractivity contribution in [2.24, 2.45) is 0 Å². The molecule has 1 nitrogen and oxygen atoms in total. The maximum absolute atomic E-state index is 12.3. The van der Waals surface area contributed by atoms with E-state index in [1.807, 2.05) is 26.0 Å². The smallest absolute Gasteiger partial charge is 0.167 e. The number of hydrogen-bond donors (Lipinski definition) is 0. The molecule has 0 spiro atoms. The average Bonchev–Trinajstić information content (AvgIpc) is 2.39. The van der Waals surface area contributed by atoms with Crippen LogP contribution in [0.5, 0.6) is 0 Å². The predicted octanol–water partition coefficient (Wildman–Crippen LogP) is 4.29. The lowest BCUT2D eigenvalue weighted by molar-refractivity contribution is 0.0992. The molecule has 0 unspecified atom stereocenters. The van der Waals surface area contributed by atoms with Gasteiger partial charge in [-0.2, -0.15) is 0 Å². The molecule has 98 valence electrons. The third-order valence-corrected chi connectivity index (χ3v) is 3.48. The zero-order valence-electron chi connectivity index (χ0n) is 11.9. The molecule has 0 radical (unpaired) electrons. The zero-order valence-corrected chi connectivity index (χ0v) is 11.9. The molecular formula is C18H20O. The predicted molar refractivity (Wildman–Crippen MR) is 79.8 cm³/mol. The summed E-state index contributed by atoms with van der Waals surface area (Å²) in [5.41, 5.74) is 5.49. The van der Waals surface area contributed by atoms with Crippen LogP contribution in [0.2, 0.25) is 0 Å². The van der Waals surface area contributed by atoms with Crippen molar-refractivity contribution >= 4 is 5.78 Å². The molecule has 19 heavy (non-hydrogen) atoms. The molecule has 0 amide bonds. The van der Waals surface area contributed by atoms with Crippen LogP contribution < -0.4 is 0 Å². The van der Waals surface area contributed by atoms with E-state index >= 15 is 0 Å². The second kappa shape index (κ2) is 5.83. The Labute approximate surface area is 115 Å². The summed E-state index contributed by atoms with van der Waals surface area (Å²) >= 11 is 0. The molecule has 1 heteroatoms. The van der Waals surface area contributed by atoms with Crippen molar-refractivity contribution in [2.75, 3.05) is 0 Å². The fourth-order valence-electron chi connectivity index (χ4n) is 2.30. The number of carbonyl (C=O) groups excluding carboxylic acids is 1. The van der Waals surface area contributed by atoms with E-state index < -0.39 is 0 Å². The highest BCUT2D eigenvalue weighted by Gasteiger charge is 2.09. The molecule has 2 rings (SSSR count). The summed E-state index contributed by atoms with van der Waals surface area (Å²) in [6.45, 7) is 6.18. The summed E-state index contributed by atoms with van der Waals surface area (Å²) < 4.78 is 0. The molecule has 0 aromatic heterocycles. The van der Waals surface area contributed by atoms with Crippen molar-refractivity contribution in [3.05, 3.63) is 70.3 Å². The number of ketones is 1. The first-order valence-corrected chi connectivity index (χ1v) is 6.78. The van der Waals surface area contributed by atoms with Crippen LogP contribution in [0.1, 0.15) is 39.5 Å². The van der Waals surface area contributed by atoms with Crippen molar-refractivity contribution in [3.63, 3.8) is 0 Å². The Morgan fingerprint density at radius 3 is 2.16 bits per heavy atom. The van der Waals surface area contributed by atoms with E-state index in [9.17, 15) is 4.79 Å². The molecule has 0 aliphatic carbocycles. The van der Waals surface area contributed by atoms with Gasteiger partial charge >= 0.3 is 0 Å². The van der Waals surface area contributed by atoms with Crippen molar-refractivity contribution in [1.82, 2.24) is 0 Å². The fourth-order valence-corrected chi connectivity index (χ4v) is 2.30. The number of Topliss-reactive ketones (excluding diaryl/α,β-unsaturated/α-hetero) is 1. The first-order chi connectivity index (χ1) is 9.10. The van der Waals surface area contributed by atoms with Crippen LogP contribution in [0.25, 0.3) is 0 Å². The van der Waals surface area contributed by atoms with Gasteiger partial charge in [0.15, 0.2) is 5.78 Å². The standard InChI is InChI=1S/C18H20O/c1-4-15-6-8-16(9-7-15)12-18(19)17-10-5-13(2)11-14(17)3/h5-11H,4,12H2,1-3H3. The van der Waals surface area contributed by atoms with Crippen LogP contribution in [-0.4, -0.2) is 5.78 Å². The van der Waals surface area contributed by atoms with Gasteiger partial charge < -0.3 is 0 Å². The van der Waals surface area contributed by atoms with Crippen molar-refractivity contribution < 1.29 is 4.79 Å². The first kappa shape index (κ1) is 13.5. The highest BCUT2D eigenvalue weighted by Crippen LogP contribution is 2.14. The number of benzene rings is 2. The van der Waals surface area contributed by atoms with Gasteiger partial charge in [0.25, 0.3) is 0 Å². The van der Waals surface area contributed by atoms with Crippen LogP contribution in [0.4, 0.5) is 0 Å². The topological polar surface area (TPSA) is 17.1 Å². The average molecular weight is 252 g/mol. The fraction of sp³-hybridized carbons (Fsp3) is 0.278. The van der Waals surface area contributed by atoms with E-state index in [1.165, 1.54) is 11.1 Å². The molecule has 0 saturated carbocycles. The molecule has 2 aromatic carbocycles. The van der Waals surface area contributed by atoms with Crippen molar-refractivity contribution in [2.45, 2.75) is 33.6 Å². The SMILES string of the molecule is CCc1ccc(CC(=O)c2ccc(C)cc2C)cc1. The minimum atomic E-state index is 0.196. The van der Waals surface area contributed by atoms with Gasteiger partial charge in [-0.05, 0) is 37.0 Å². The molecule has 0 saturated heterocycles. The summed E-state index contributed by atoms with van der Waals surface area (Å²) in [7, 11) is 0. The largest absolute Gasteiger partial charge is 0.294 e. The Bertz CT molecular complexity index is 579. The maximum Gasteiger partial charge on any atom is 0.167 e. The Morgan fingerprint density at radius 2 is 1.58 bits per heavy atom. The van der Waals surface area contributed by atoms with Crippen LogP contribution in [0.3, 0.4) is 0 Å². The van der Waals surface area contributed by atoms with Crippen LogP contribution >= 0.6 is 0 Å². The molecular weight excluding hydrogens is 232 g/mol. The Balaban J connectivity index is 2.15. The molecule has 0 aliphatic rings. The normalized spacial score (nSPS) is 10.5. The third kappa shape index (κ3) is 3.31. The molecule has 2 aromatic rings. The van der Waals surface area contributed by atoms with Crippen LogP contribution in [0, 0.1) is 13.8 Å². The van der Waals surface area contributed by atoms with Gasteiger partial charge in [0.05, 0.1) is 0 Å². The Kier molecular flexibility index (Phi) is 4.16. The summed E-state index contributed by atoms with van der Waals surface area (Å²) in [6.07, 6.45) is 1.51. The number of carbonyl (C=O) groups is 1. The van der Waals surface area contributed by atoms with Gasteiger partial charge in [0, 0.05) is 12.0 Å². The molecule has 0 bridgehead atoms. The second-order valence-corrected chi connectivity index (χ2v) is 5.09. The summed E-state index contributed by atoms with van der Waals surface area (Å²) in [6, 6.07) is 14.3. The third-order valence-electron chi connectivity index (χ3n) is 3.48. The molecule has 0 heterocycles. The minimum Gasteiger partial charge on any atom is -0.294 e. The van der Waals surface area contributed by atoms with Gasteiger partial charge in [-0.3, -0.25) is 4.79 Å². The highest BCUT2D eigenvalue weighted by atomic mass is 16.1. The number of hydrogen-bond acceptors (Lipinski definition) is 1. The van der Waals surface area contributed by atoms with Crippen molar-refractivity contribution in [1.29, 1.82) is 0 Å². The van der Waals surface area contributed by atoms with Gasteiger partial charge in [-0.1, -0.05) is 55.0 Å². The highest BCUT2D eigenvalue weighted by molar-refractivity contribution is 5.98. The zero-order chi connectivity index (χ0) is 13.8. The lowest BCUT2D eigenvalue weighted by atomic mass is 9.97. The van der Waals surface area contributed by atoms with Gasteiger partial charge in [-0.25, -0.2) is 0 Å². The summed E-state index contributed by atoms with van der Waals surface area (Å²) in [4.78, 5) is 12.3.